The lowest BCUT2D eigenvalue weighted by atomic mass is 10.2. The minimum absolute atomic E-state index is 0.0922. The lowest BCUT2D eigenvalue weighted by Gasteiger charge is -2.22. The van der Waals surface area contributed by atoms with E-state index in [-0.39, 0.29) is 15.5 Å². The van der Waals surface area contributed by atoms with Crippen LogP contribution in [-0.4, -0.2) is 59.1 Å². The second-order valence-corrected chi connectivity index (χ2v) is 10.5. The molecule has 0 bridgehead atoms. The van der Waals surface area contributed by atoms with E-state index in [9.17, 15) is 18.3 Å². The van der Waals surface area contributed by atoms with Crippen molar-refractivity contribution >= 4 is 39.5 Å². The molecule has 0 aromatic heterocycles. The fourth-order valence-corrected chi connectivity index (χ4v) is 7.92. The maximum absolute atomic E-state index is 12.9. The van der Waals surface area contributed by atoms with Gasteiger partial charge in [-0.05, 0) is 30.7 Å². The lowest BCUT2D eigenvalue weighted by molar-refractivity contribution is -0.140. The van der Waals surface area contributed by atoms with Crippen LogP contribution < -0.4 is 4.74 Å². The summed E-state index contributed by atoms with van der Waals surface area (Å²) in [6.45, 7) is 0.230. The Morgan fingerprint density at radius 1 is 1.30 bits per heavy atom. The molecule has 126 valence electrons. The predicted octanol–water partition coefficient (Wildman–Crippen LogP) is 1.72. The third-order valence-electron chi connectivity index (χ3n) is 4.01. The third-order valence-corrected chi connectivity index (χ3v) is 9.31. The van der Waals surface area contributed by atoms with Gasteiger partial charge in [-0.3, -0.25) is 4.79 Å². The highest BCUT2D eigenvalue weighted by atomic mass is 32.2. The Balaban J connectivity index is 1.94. The van der Waals surface area contributed by atoms with E-state index >= 15 is 0 Å². The second kappa shape index (κ2) is 6.19. The maximum Gasteiger partial charge on any atom is 0.322 e. The smallest absolute Gasteiger partial charge is 0.322 e. The molecule has 0 radical (unpaired) electrons. The van der Waals surface area contributed by atoms with Gasteiger partial charge in [0.2, 0.25) is 10.0 Å². The van der Waals surface area contributed by atoms with Crippen LogP contribution in [0.4, 0.5) is 0 Å². The summed E-state index contributed by atoms with van der Waals surface area (Å²) >= 11 is 3.34. The van der Waals surface area contributed by atoms with Gasteiger partial charge in [-0.25, -0.2) is 8.42 Å². The van der Waals surface area contributed by atoms with Gasteiger partial charge in [0.25, 0.3) is 0 Å². The molecule has 2 fully saturated rings. The van der Waals surface area contributed by atoms with E-state index in [0.717, 1.165) is 15.8 Å². The van der Waals surface area contributed by atoms with Crippen LogP contribution in [0.2, 0.25) is 0 Å². The fourth-order valence-electron chi connectivity index (χ4n) is 2.86. The van der Waals surface area contributed by atoms with E-state index in [4.69, 9.17) is 4.74 Å². The monoisotopic (exact) mass is 375 g/mol. The van der Waals surface area contributed by atoms with Crippen LogP contribution in [-0.2, 0) is 14.8 Å². The van der Waals surface area contributed by atoms with Gasteiger partial charge in [-0.15, -0.1) is 23.5 Å². The molecular weight excluding hydrogens is 358 g/mol. The number of methoxy groups -OCH3 is 1. The van der Waals surface area contributed by atoms with Crippen molar-refractivity contribution < 1.29 is 23.1 Å². The Morgan fingerprint density at radius 2 is 1.91 bits per heavy atom. The van der Waals surface area contributed by atoms with Crippen LogP contribution >= 0.6 is 23.5 Å². The molecule has 0 amide bonds. The normalized spacial score (nSPS) is 24.1. The molecule has 2 aliphatic rings. The highest BCUT2D eigenvalue weighted by Gasteiger charge is 2.53. The molecule has 1 aromatic carbocycles. The molecule has 0 saturated carbocycles. The number of benzene rings is 1. The number of nitrogens with zero attached hydrogens (tertiary/aromatic N) is 1. The first-order chi connectivity index (χ1) is 10.9. The van der Waals surface area contributed by atoms with E-state index in [0.29, 0.717) is 12.2 Å². The zero-order chi connectivity index (χ0) is 16.7. The lowest BCUT2D eigenvalue weighted by Crippen LogP contribution is -2.40. The summed E-state index contributed by atoms with van der Waals surface area (Å²) in [7, 11) is -2.35. The number of carbonyl (C=O) groups is 1. The van der Waals surface area contributed by atoms with Crippen LogP contribution in [0.15, 0.2) is 29.2 Å². The molecule has 1 aromatic rings. The van der Waals surface area contributed by atoms with Gasteiger partial charge in [0, 0.05) is 18.1 Å². The van der Waals surface area contributed by atoms with Gasteiger partial charge in [-0.2, -0.15) is 4.31 Å². The molecule has 1 N–H and O–H groups in total. The number of ether oxygens (including phenoxy) is 1. The molecule has 2 heterocycles. The molecule has 3 rings (SSSR count). The Morgan fingerprint density at radius 3 is 2.43 bits per heavy atom. The second-order valence-electron chi connectivity index (χ2n) is 5.39. The van der Waals surface area contributed by atoms with Crippen molar-refractivity contribution in [2.45, 2.75) is 21.4 Å². The summed E-state index contributed by atoms with van der Waals surface area (Å²) in [5, 5.41) is 9.48. The van der Waals surface area contributed by atoms with Gasteiger partial charge < -0.3 is 9.84 Å². The van der Waals surface area contributed by atoms with Crippen molar-refractivity contribution in [1.82, 2.24) is 4.31 Å². The van der Waals surface area contributed by atoms with Crippen molar-refractivity contribution in [3.63, 3.8) is 0 Å². The van der Waals surface area contributed by atoms with Gasteiger partial charge >= 0.3 is 5.97 Å². The van der Waals surface area contributed by atoms with E-state index < -0.39 is 22.0 Å². The topological polar surface area (TPSA) is 83.9 Å². The third kappa shape index (κ3) is 3.07. The number of carboxylic acid groups (broad SMARTS) is 1. The van der Waals surface area contributed by atoms with Crippen LogP contribution in [0.1, 0.15) is 6.42 Å². The first-order valence-electron chi connectivity index (χ1n) is 7.05. The Bertz CT molecular complexity index is 698. The van der Waals surface area contributed by atoms with Gasteiger partial charge in [0.15, 0.2) is 0 Å². The van der Waals surface area contributed by atoms with E-state index in [1.807, 2.05) is 0 Å². The van der Waals surface area contributed by atoms with Gasteiger partial charge in [0.1, 0.15) is 11.8 Å². The summed E-state index contributed by atoms with van der Waals surface area (Å²) in [6.07, 6.45) is 0.340. The number of aliphatic carboxylic acids is 1. The summed E-state index contributed by atoms with van der Waals surface area (Å²) in [6, 6.07) is 5.02. The van der Waals surface area contributed by atoms with Gasteiger partial charge in [0.05, 0.1) is 16.1 Å². The zero-order valence-corrected chi connectivity index (χ0v) is 14.9. The van der Waals surface area contributed by atoms with Crippen LogP contribution in [0.5, 0.6) is 5.75 Å². The number of hydrogen-bond donors (Lipinski definition) is 1. The molecular formula is C14H17NO5S3. The number of hydrogen-bond acceptors (Lipinski definition) is 6. The van der Waals surface area contributed by atoms with E-state index in [2.05, 4.69) is 0 Å². The van der Waals surface area contributed by atoms with Crippen molar-refractivity contribution in [3.8, 4) is 5.75 Å². The molecule has 1 spiro atoms. The summed E-state index contributed by atoms with van der Waals surface area (Å²) in [4.78, 5) is 11.7. The molecule has 0 unspecified atom stereocenters. The molecule has 6 nitrogen and oxygen atoms in total. The first kappa shape index (κ1) is 16.9. The summed E-state index contributed by atoms with van der Waals surface area (Å²) < 4.78 is 31.6. The molecule has 2 aliphatic heterocycles. The summed E-state index contributed by atoms with van der Waals surface area (Å²) in [5.74, 6) is 1.31. The Labute approximate surface area is 143 Å². The number of sulfonamides is 1. The molecule has 2 saturated heterocycles. The van der Waals surface area contributed by atoms with Crippen LogP contribution in [0.25, 0.3) is 0 Å². The Kier molecular flexibility index (Phi) is 4.56. The minimum Gasteiger partial charge on any atom is -0.497 e. The number of carboxylic acids is 1. The quantitative estimate of drug-likeness (QED) is 0.858. The van der Waals surface area contributed by atoms with E-state index in [1.54, 1.807) is 35.7 Å². The molecule has 0 aliphatic carbocycles. The minimum atomic E-state index is -3.85. The Hall–Kier alpha value is -0.900. The fraction of sp³-hybridized carbons (Fsp3) is 0.500. The first-order valence-corrected chi connectivity index (χ1v) is 10.5. The van der Waals surface area contributed by atoms with E-state index in [1.165, 1.54) is 19.2 Å². The standard InChI is InChI=1S/C14H17NO5S3/c1-20-10-2-4-11(5-3-10)23(18,19)15-9-14(21-6-7-22-14)8-12(15)13(16)17/h2-5,12H,6-9H2,1H3,(H,16,17)/t12-/m1/s1. The average molecular weight is 375 g/mol. The predicted molar refractivity (Wildman–Crippen MR) is 90.6 cm³/mol. The SMILES string of the molecule is COc1ccc(S(=O)(=O)N2CC3(C[C@@H]2C(=O)O)SCCS3)cc1. The highest BCUT2D eigenvalue weighted by Crippen LogP contribution is 2.52. The largest absolute Gasteiger partial charge is 0.497 e. The molecule has 1 atom stereocenters. The zero-order valence-electron chi connectivity index (χ0n) is 12.5. The van der Waals surface area contributed by atoms with Crippen molar-refractivity contribution in [2.24, 2.45) is 0 Å². The average Bonchev–Trinajstić information content (AvgIpc) is 3.15. The van der Waals surface area contributed by atoms with Crippen molar-refractivity contribution in [3.05, 3.63) is 24.3 Å². The van der Waals surface area contributed by atoms with Crippen molar-refractivity contribution in [1.29, 1.82) is 0 Å². The summed E-state index contributed by atoms with van der Waals surface area (Å²) in [5.41, 5.74) is 0. The highest BCUT2D eigenvalue weighted by molar-refractivity contribution is 8.21. The number of thioether (sulfide) groups is 2. The van der Waals surface area contributed by atoms with Crippen molar-refractivity contribution in [2.75, 3.05) is 25.2 Å². The molecule has 9 heteroatoms. The van der Waals surface area contributed by atoms with Crippen LogP contribution in [0.3, 0.4) is 0 Å². The van der Waals surface area contributed by atoms with Gasteiger partial charge in [-0.1, -0.05) is 0 Å². The number of rotatable bonds is 4. The van der Waals surface area contributed by atoms with Crippen LogP contribution in [0, 0.1) is 0 Å². The maximum atomic E-state index is 12.9. The molecule has 23 heavy (non-hydrogen) atoms.